The molecule has 0 atom stereocenters. The molecule has 1 aromatic heterocycles. The van der Waals surface area contributed by atoms with Gasteiger partial charge in [-0.3, -0.25) is 0 Å². The summed E-state index contributed by atoms with van der Waals surface area (Å²) < 4.78 is 13.8. The maximum Gasteiger partial charge on any atom is 0.151 e. The van der Waals surface area contributed by atoms with E-state index in [1.54, 1.807) is 18.2 Å². The lowest BCUT2D eigenvalue weighted by Gasteiger charge is -2.12. The van der Waals surface area contributed by atoms with Crippen molar-refractivity contribution in [1.29, 1.82) is 0 Å². The molecule has 3 nitrogen and oxygen atoms in total. The first-order chi connectivity index (χ1) is 9.51. The van der Waals surface area contributed by atoms with Crippen LogP contribution in [0.4, 0.5) is 21.7 Å². The minimum absolute atomic E-state index is 0.315. The van der Waals surface area contributed by atoms with Gasteiger partial charge in [0.05, 0.1) is 15.7 Å². The highest BCUT2D eigenvalue weighted by atomic mass is 35.5. The Morgan fingerprint density at radius 3 is 2.50 bits per heavy atom. The zero-order valence-electron chi connectivity index (χ0n) is 11.1. The van der Waals surface area contributed by atoms with E-state index in [-0.39, 0.29) is 5.82 Å². The third-order valence-corrected chi connectivity index (χ3v) is 3.23. The van der Waals surface area contributed by atoms with Crippen LogP contribution in [0.15, 0.2) is 24.3 Å². The van der Waals surface area contributed by atoms with Crippen molar-refractivity contribution in [2.45, 2.75) is 13.8 Å². The summed E-state index contributed by atoms with van der Waals surface area (Å²) in [6.07, 6.45) is 0. The van der Waals surface area contributed by atoms with E-state index in [0.717, 1.165) is 5.56 Å². The second kappa shape index (κ2) is 6.29. The molecule has 0 radical (unpaired) electrons. The zero-order chi connectivity index (χ0) is 14.7. The Balaban J connectivity index is 2.35. The lowest BCUT2D eigenvalue weighted by atomic mass is 10.2. The van der Waals surface area contributed by atoms with Crippen LogP contribution in [0.1, 0.15) is 12.5 Å². The topological polar surface area (TPSA) is 37.0 Å². The van der Waals surface area contributed by atoms with Crippen LogP contribution >= 0.6 is 23.2 Å². The van der Waals surface area contributed by atoms with E-state index >= 15 is 0 Å². The van der Waals surface area contributed by atoms with Crippen LogP contribution in [-0.4, -0.2) is 11.5 Å². The summed E-state index contributed by atoms with van der Waals surface area (Å²) in [4.78, 5) is 4.27. The van der Waals surface area contributed by atoms with Crippen molar-refractivity contribution in [1.82, 2.24) is 4.98 Å². The number of pyridine rings is 1. The van der Waals surface area contributed by atoms with Crippen molar-refractivity contribution in [3.63, 3.8) is 0 Å². The first-order valence-corrected chi connectivity index (χ1v) is 6.90. The van der Waals surface area contributed by atoms with Crippen molar-refractivity contribution < 1.29 is 4.39 Å². The molecule has 1 aromatic carbocycles. The molecule has 0 aliphatic heterocycles. The Morgan fingerprint density at radius 1 is 1.15 bits per heavy atom. The normalized spacial score (nSPS) is 10.4. The highest BCUT2D eigenvalue weighted by Gasteiger charge is 2.11. The van der Waals surface area contributed by atoms with Crippen LogP contribution in [0.3, 0.4) is 0 Å². The Bertz CT molecular complexity index is 632. The number of aryl methyl sites for hydroxylation is 1. The van der Waals surface area contributed by atoms with E-state index < -0.39 is 0 Å². The SMILES string of the molecule is CCNc1nc(Nc2ccc(C)cc2F)c(Cl)cc1Cl. The summed E-state index contributed by atoms with van der Waals surface area (Å²) >= 11 is 12.1. The number of aromatic nitrogens is 1. The fourth-order valence-corrected chi connectivity index (χ4v) is 2.17. The third kappa shape index (κ3) is 3.32. The standard InChI is InChI=1S/C14H14Cl2FN3/c1-3-18-13-9(15)7-10(16)14(20-13)19-12-5-4-8(2)6-11(12)17/h4-7H,3H2,1-2H3,(H2,18,19,20). The molecule has 0 aliphatic carbocycles. The fourth-order valence-electron chi connectivity index (χ4n) is 1.69. The highest BCUT2D eigenvalue weighted by Crippen LogP contribution is 2.31. The Kier molecular flexibility index (Phi) is 4.68. The molecule has 2 N–H and O–H groups in total. The number of anilines is 3. The number of nitrogens with zero attached hydrogens (tertiary/aromatic N) is 1. The molecule has 2 rings (SSSR count). The van der Waals surface area contributed by atoms with E-state index in [2.05, 4.69) is 15.6 Å². The van der Waals surface area contributed by atoms with Crippen molar-refractivity contribution in [2.24, 2.45) is 0 Å². The predicted molar refractivity (Wildman–Crippen MR) is 82.8 cm³/mol. The van der Waals surface area contributed by atoms with Crippen molar-refractivity contribution in [3.8, 4) is 0 Å². The first-order valence-electron chi connectivity index (χ1n) is 6.14. The highest BCUT2D eigenvalue weighted by molar-refractivity contribution is 6.37. The molecule has 0 bridgehead atoms. The van der Waals surface area contributed by atoms with Crippen LogP contribution in [0.2, 0.25) is 10.0 Å². The Morgan fingerprint density at radius 2 is 1.85 bits per heavy atom. The van der Waals surface area contributed by atoms with E-state index in [0.29, 0.717) is 33.9 Å². The average Bonchev–Trinajstić information content (AvgIpc) is 2.38. The van der Waals surface area contributed by atoms with Gasteiger partial charge in [-0.25, -0.2) is 9.37 Å². The first kappa shape index (κ1) is 14.9. The fraction of sp³-hybridized carbons (Fsp3) is 0.214. The molecule has 0 unspecified atom stereocenters. The van der Waals surface area contributed by atoms with Gasteiger partial charge >= 0.3 is 0 Å². The molecular formula is C14H14Cl2FN3. The number of halogens is 3. The van der Waals surface area contributed by atoms with Crippen molar-refractivity contribution in [2.75, 3.05) is 17.2 Å². The van der Waals surface area contributed by atoms with E-state index in [1.165, 1.54) is 6.07 Å². The van der Waals surface area contributed by atoms with Crippen LogP contribution in [-0.2, 0) is 0 Å². The van der Waals surface area contributed by atoms with Gasteiger partial charge in [-0.15, -0.1) is 0 Å². The molecule has 0 saturated carbocycles. The molecule has 0 saturated heterocycles. The van der Waals surface area contributed by atoms with Gasteiger partial charge in [-0.2, -0.15) is 0 Å². The molecule has 0 amide bonds. The quantitative estimate of drug-likeness (QED) is 0.833. The molecule has 106 valence electrons. The molecule has 1 heterocycles. The second-order valence-electron chi connectivity index (χ2n) is 4.29. The number of nitrogens with one attached hydrogen (secondary N) is 2. The maximum atomic E-state index is 13.8. The second-order valence-corrected chi connectivity index (χ2v) is 5.10. The number of hydrogen-bond acceptors (Lipinski definition) is 3. The van der Waals surface area contributed by atoms with E-state index in [9.17, 15) is 4.39 Å². The zero-order valence-corrected chi connectivity index (χ0v) is 12.6. The molecule has 2 aromatic rings. The predicted octanol–water partition coefficient (Wildman–Crippen LogP) is 5.01. The van der Waals surface area contributed by atoms with Gasteiger partial charge in [0.15, 0.2) is 5.82 Å². The summed E-state index contributed by atoms with van der Waals surface area (Å²) in [5, 5.41) is 6.65. The summed E-state index contributed by atoms with van der Waals surface area (Å²) in [7, 11) is 0. The molecule has 0 spiro atoms. The van der Waals surface area contributed by atoms with Crippen LogP contribution < -0.4 is 10.6 Å². The Hall–Kier alpha value is -1.52. The van der Waals surface area contributed by atoms with Crippen LogP contribution in [0.25, 0.3) is 0 Å². The van der Waals surface area contributed by atoms with Gasteiger partial charge in [0.25, 0.3) is 0 Å². The molecule has 20 heavy (non-hydrogen) atoms. The van der Waals surface area contributed by atoms with Crippen molar-refractivity contribution in [3.05, 3.63) is 45.7 Å². The lowest BCUT2D eigenvalue weighted by Crippen LogP contribution is -2.04. The van der Waals surface area contributed by atoms with Gasteiger partial charge in [0.1, 0.15) is 11.6 Å². The Labute approximate surface area is 127 Å². The van der Waals surface area contributed by atoms with Crippen LogP contribution in [0.5, 0.6) is 0 Å². The van der Waals surface area contributed by atoms with Crippen molar-refractivity contribution >= 4 is 40.5 Å². The van der Waals surface area contributed by atoms with E-state index in [1.807, 2.05) is 13.8 Å². The van der Waals surface area contributed by atoms with Gasteiger partial charge in [-0.1, -0.05) is 29.3 Å². The maximum absolute atomic E-state index is 13.8. The molecule has 0 fully saturated rings. The lowest BCUT2D eigenvalue weighted by molar-refractivity contribution is 0.630. The molecule has 6 heteroatoms. The minimum atomic E-state index is -0.359. The molecular weight excluding hydrogens is 300 g/mol. The number of rotatable bonds is 4. The van der Waals surface area contributed by atoms with Gasteiger partial charge < -0.3 is 10.6 Å². The third-order valence-electron chi connectivity index (χ3n) is 2.65. The largest absolute Gasteiger partial charge is 0.369 e. The number of hydrogen-bond donors (Lipinski definition) is 2. The van der Waals surface area contributed by atoms with Gasteiger partial charge in [-0.05, 0) is 37.6 Å². The summed E-state index contributed by atoms with van der Waals surface area (Å²) in [5.74, 6) is 0.506. The monoisotopic (exact) mass is 313 g/mol. The smallest absolute Gasteiger partial charge is 0.151 e. The van der Waals surface area contributed by atoms with Gasteiger partial charge in [0, 0.05) is 6.54 Å². The number of benzene rings is 1. The average molecular weight is 314 g/mol. The minimum Gasteiger partial charge on any atom is -0.369 e. The summed E-state index contributed by atoms with van der Waals surface area (Å²) in [6, 6.07) is 6.46. The molecule has 0 aliphatic rings. The van der Waals surface area contributed by atoms with E-state index in [4.69, 9.17) is 23.2 Å². The van der Waals surface area contributed by atoms with Gasteiger partial charge in [0.2, 0.25) is 0 Å². The summed E-state index contributed by atoms with van der Waals surface area (Å²) in [6.45, 7) is 4.43. The summed E-state index contributed by atoms with van der Waals surface area (Å²) in [5.41, 5.74) is 1.16. The van der Waals surface area contributed by atoms with Crippen LogP contribution in [0, 0.1) is 12.7 Å².